The van der Waals surface area contributed by atoms with Crippen LogP contribution in [0.25, 0.3) is 0 Å². The predicted octanol–water partition coefficient (Wildman–Crippen LogP) is 2.44. The molecule has 1 fully saturated rings. The van der Waals surface area contributed by atoms with E-state index in [-0.39, 0.29) is 12.2 Å². The predicted molar refractivity (Wildman–Crippen MR) is 79.3 cm³/mol. The van der Waals surface area contributed by atoms with Crippen molar-refractivity contribution < 1.29 is 14.6 Å². The van der Waals surface area contributed by atoms with Gasteiger partial charge in [0.25, 0.3) is 0 Å². The molecule has 20 heavy (non-hydrogen) atoms. The molecule has 0 amide bonds. The summed E-state index contributed by atoms with van der Waals surface area (Å²) < 4.78 is 11.3. The Bertz CT molecular complexity index is 426. The minimum absolute atomic E-state index is 0.119. The van der Waals surface area contributed by atoms with Gasteiger partial charge in [0.1, 0.15) is 0 Å². The molecule has 0 aliphatic carbocycles. The fourth-order valence-electron chi connectivity index (χ4n) is 2.53. The molecule has 0 radical (unpaired) electrons. The van der Waals surface area contributed by atoms with Crippen molar-refractivity contribution >= 4 is 0 Å². The van der Waals surface area contributed by atoms with Gasteiger partial charge in [-0.15, -0.1) is 0 Å². The van der Waals surface area contributed by atoms with E-state index in [4.69, 9.17) is 9.47 Å². The minimum atomic E-state index is -0.136. The summed E-state index contributed by atoms with van der Waals surface area (Å²) in [7, 11) is 1.67. The molecule has 4 nitrogen and oxygen atoms in total. The first-order chi connectivity index (χ1) is 9.60. The number of nitrogens with zero attached hydrogens (tertiary/aromatic N) is 1. The largest absolute Gasteiger partial charge is 0.493 e. The van der Waals surface area contributed by atoms with E-state index in [1.165, 1.54) is 0 Å². The summed E-state index contributed by atoms with van der Waals surface area (Å²) >= 11 is 0. The van der Waals surface area contributed by atoms with Gasteiger partial charge in [-0.3, -0.25) is 4.90 Å². The normalized spacial score (nSPS) is 17.4. The smallest absolute Gasteiger partial charge is 0.166 e. The molecule has 0 bridgehead atoms. The number of rotatable bonds is 5. The van der Waals surface area contributed by atoms with E-state index in [2.05, 4.69) is 11.0 Å². The van der Waals surface area contributed by atoms with Gasteiger partial charge in [-0.05, 0) is 32.8 Å². The van der Waals surface area contributed by atoms with Gasteiger partial charge in [0.15, 0.2) is 11.5 Å². The molecule has 1 saturated heterocycles. The van der Waals surface area contributed by atoms with Crippen molar-refractivity contribution in [3.63, 3.8) is 0 Å². The van der Waals surface area contributed by atoms with Gasteiger partial charge in [-0.25, -0.2) is 0 Å². The van der Waals surface area contributed by atoms with Crippen LogP contribution in [0, 0.1) is 0 Å². The van der Waals surface area contributed by atoms with Gasteiger partial charge in [-0.1, -0.05) is 12.1 Å². The third kappa shape index (κ3) is 3.87. The van der Waals surface area contributed by atoms with Gasteiger partial charge in [0.05, 0.1) is 19.3 Å². The molecule has 0 aromatic heterocycles. The first-order valence-electron chi connectivity index (χ1n) is 7.33. The summed E-state index contributed by atoms with van der Waals surface area (Å²) in [5.74, 6) is 1.63. The number of aliphatic hydroxyl groups is 1. The topological polar surface area (TPSA) is 41.9 Å². The van der Waals surface area contributed by atoms with Gasteiger partial charge < -0.3 is 14.6 Å². The fraction of sp³-hybridized carbons (Fsp3) is 0.625. The average Bonchev–Trinajstić information content (AvgIpc) is 2.42. The molecule has 1 N–H and O–H groups in total. The SMILES string of the molecule is COc1cccc(CN2CCC(O)CC2)c1OC(C)C. The number of benzene rings is 1. The van der Waals surface area contributed by atoms with Crippen molar-refractivity contribution in [2.24, 2.45) is 0 Å². The van der Waals surface area contributed by atoms with E-state index in [1.807, 2.05) is 26.0 Å². The van der Waals surface area contributed by atoms with Crippen LogP contribution in [0.2, 0.25) is 0 Å². The Hall–Kier alpha value is -1.26. The van der Waals surface area contributed by atoms with Crippen LogP contribution in [0.3, 0.4) is 0 Å². The molecule has 1 aromatic carbocycles. The van der Waals surface area contributed by atoms with E-state index in [1.54, 1.807) is 7.11 Å². The quantitative estimate of drug-likeness (QED) is 0.899. The zero-order chi connectivity index (χ0) is 14.5. The highest BCUT2D eigenvalue weighted by molar-refractivity contribution is 5.46. The molecule has 0 atom stereocenters. The number of hydrogen-bond donors (Lipinski definition) is 1. The minimum Gasteiger partial charge on any atom is -0.493 e. The molecule has 0 unspecified atom stereocenters. The zero-order valence-electron chi connectivity index (χ0n) is 12.6. The van der Waals surface area contributed by atoms with Crippen LogP contribution in [-0.2, 0) is 6.54 Å². The molecule has 4 heteroatoms. The first-order valence-corrected chi connectivity index (χ1v) is 7.33. The molecule has 2 rings (SSSR count). The van der Waals surface area contributed by atoms with Crippen LogP contribution in [0.4, 0.5) is 0 Å². The van der Waals surface area contributed by atoms with Crippen molar-refractivity contribution in [2.45, 2.75) is 45.4 Å². The maximum atomic E-state index is 9.58. The lowest BCUT2D eigenvalue weighted by Gasteiger charge is -2.30. The molecular formula is C16H25NO3. The molecule has 112 valence electrons. The molecule has 1 aromatic rings. The second-order valence-corrected chi connectivity index (χ2v) is 5.62. The summed E-state index contributed by atoms with van der Waals surface area (Å²) in [5.41, 5.74) is 1.15. The number of methoxy groups -OCH3 is 1. The van der Waals surface area contributed by atoms with Crippen molar-refractivity contribution in [3.05, 3.63) is 23.8 Å². The molecule has 0 spiro atoms. The van der Waals surface area contributed by atoms with Crippen LogP contribution in [-0.4, -0.2) is 42.4 Å². The number of hydrogen-bond acceptors (Lipinski definition) is 4. The maximum Gasteiger partial charge on any atom is 0.166 e. The zero-order valence-corrected chi connectivity index (χ0v) is 12.6. The number of likely N-dealkylation sites (tertiary alicyclic amines) is 1. The van der Waals surface area contributed by atoms with Crippen molar-refractivity contribution in [2.75, 3.05) is 20.2 Å². The fourth-order valence-corrected chi connectivity index (χ4v) is 2.53. The van der Waals surface area contributed by atoms with Crippen molar-refractivity contribution in [1.82, 2.24) is 4.90 Å². The summed E-state index contributed by atoms with van der Waals surface area (Å²) in [6.45, 7) is 6.74. The summed E-state index contributed by atoms with van der Waals surface area (Å²) in [6.07, 6.45) is 1.69. The van der Waals surface area contributed by atoms with Crippen LogP contribution in [0.5, 0.6) is 11.5 Å². The Kier molecular flexibility index (Phi) is 5.26. The summed E-state index contributed by atoms with van der Waals surface area (Å²) in [4.78, 5) is 2.36. The lowest BCUT2D eigenvalue weighted by atomic mass is 10.1. The van der Waals surface area contributed by atoms with Crippen LogP contribution < -0.4 is 9.47 Å². The Balaban J connectivity index is 2.13. The van der Waals surface area contributed by atoms with E-state index < -0.39 is 0 Å². The lowest BCUT2D eigenvalue weighted by Crippen LogP contribution is -2.35. The number of piperidine rings is 1. The standard InChI is InChI=1S/C16H25NO3/c1-12(2)20-16-13(5-4-6-15(16)19-3)11-17-9-7-14(18)8-10-17/h4-6,12,14,18H,7-11H2,1-3H3. The van der Waals surface area contributed by atoms with E-state index in [0.717, 1.165) is 49.5 Å². The van der Waals surface area contributed by atoms with Gasteiger partial charge in [-0.2, -0.15) is 0 Å². The van der Waals surface area contributed by atoms with Gasteiger partial charge >= 0.3 is 0 Å². The second kappa shape index (κ2) is 6.95. The van der Waals surface area contributed by atoms with Crippen LogP contribution >= 0.6 is 0 Å². The molecular weight excluding hydrogens is 254 g/mol. The van der Waals surface area contributed by atoms with E-state index >= 15 is 0 Å². The van der Waals surface area contributed by atoms with Crippen LogP contribution in [0.1, 0.15) is 32.3 Å². The summed E-state index contributed by atoms with van der Waals surface area (Å²) in [6, 6.07) is 6.02. The lowest BCUT2D eigenvalue weighted by molar-refractivity contribution is 0.0785. The third-order valence-corrected chi connectivity index (χ3v) is 3.58. The van der Waals surface area contributed by atoms with Crippen molar-refractivity contribution in [1.29, 1.82) is 0 Å². The van der Waals surface area contributed by atoms with Crippen molar-refractivity contribution in [3.8, 4) is 11.5 Å². The number of ether oxygens (including phenoxy) is 2. The molecule has 1 aliphatic rings. The monoisotopic (exact) mass is 279 g/mol. The van der Waals surface area contributed by atoms with Gasteiger partial charge in [0.2, 0.25) is 0 Å². The highest BCUT2D eigenvalue weighted by atomic mass is 16.5. The average molecular weight is 279 g/mol. The number of aliphatic hydroxyl groups excluding tert-OH is 1. The Morgan fingerprint density at radius 3 is 2.60 bits per heavy atom. The second-order valence-electron chi connectivity index (χ2n) is 5.62. The Morgan fingerprint density at radius 2 is 2.00 bits per heavy atom. The molecule has 1 heterocycles. The Labute approximate surface area is 121 Å². The Morgan fingerprint density at radius 1 is 1.30 bits per heavy atom. The molecule has 1 aliphatic heterocycles. The van der Waals surface area contributed by atoms with Gasteiger partial charge in [0, 0.05) is 25.2 Å². The third-order valence-electron chi connectivity index (χ3n) is 3.58. The first kappa shape index (κ1) is 15.1. The van der Waals surface area contributed by atoms with E-state index in [0.29, 0.717) is 0 Å². The highest BCUT2D eigenvalue weighted by Gasteiger charge is 2.20. The molecule has 0 saturated carbocycles. The van der Waals surface area contributed by atoms with E-state index in [9.17, 15) is 5.11 Å². The maximum absolute atomic E-state index is 9.58. The summed E-state index contributed by atoms with van der Waals surface area (Å²) in [5, 5.41) is 9.58. The van der Waals surface area contributed by atoms with Crippen LogP contribution in [0.15, 0.2) is 18.2 Å². The highest BCUT2D eigenvalue weighted by Crippen LogP contribution is 2.33. The number of para-hydroxylation sites is 1.